The molecule has 0 bridgehead atoms. The molecule has 0 heterocycles. The van der Waals surface area contributed by atoms with E-state index in [2.05, 4.69) is 32.2 Å². The second-order valence-corrected chi connectivity index (χ2v) is 2.01. The molecule has 0 aromatic carbocycles. The smallest absolute Gasteiger partial charge is 0.0136 e. The Labute approximate surface area is 77.7 Å². The highest BCUT2D eigenvalue weighted by molar-refractivity contribution is 5.06. The van der Waals surface area contributed by atoms with E-state index in [1.807, 2.05) is 32.9 Å². The van der Waals surface area contributed by atoms with Crippen LogP contribution in [0.1, 0.15) is 34.6 Å². The van der Waals surface area contributed by atoms with Gasteiger partial charge in [0.2, 0.25) is 0 Å². The van der Waals surface area contributed by atoms with Gasteiger partial charge in [0, 0.05) is 0 Å². The van der Waals surface area contributed by atoms with Gasteiger partial charge in [-0.2, -0.15) is 0 Å². The lowest BCUT2D eigenvalue weighted by molar-refractivity contribution is 1.39. The second-order valence-electron chi connectivity index (χ2n) is 2.01. The minimum atomic E-state index is 1.25. The molecule has 0 fully saturated rings. The summed E-state index contributed by atoms with van der Waals surface area (Å²) in [5, 5.41) is 0. The van der Waals surface area contributed by atoms with Crippen LogP contribution in [0.2, 0.25) is 0 Å². The van der Waals surface area contributed by atoms with Crippen molar-refractivity contribution in [2.45, 2.75) is 34.6 Å². The lowest BCUT2D eigenvalue weighted by Gasteiger charge is -1.77. The molecule has 0 saturated carbocycles. The van der Waals surface area contributed by atoms with Crippen LogP contribution in [0.4, 0.5) is 0 Å². The Morgan fingerprint density at radius 2 is 1.58 bits per heavy atom. The van der Waals surface area contributed by atoms with Crippen LogP contribution in [0.15, 0.2) is 36.6 Å². The highest BCUT2D eigenvalue weighted by Gasteiger charge is 1.65. The summed E-state index contributed by atoms with van der Waals surface area (Å²) >= 11 is 0. The van der Waals surface area contributed by atoms with Crippen LogP contribution in [0.3, 0.4) is 0 Å². The molecule has 0 radical (unpaired) electrons. The summed E-state index contributed by atoms with van der Waals surface area (Å²) in [6.07, 6.45) is 7.39. The summed E-state index contributed by atoms with van der Waals surface area (Å²) in [6, 6.07) is 0. The minimum Gasteiger partial charge on any atom is -0.405 e. The first kappa shape index (κ1) is 17.2. The van der Waals surface area contributed by atoms with Gasteiger partial charge in [-0.15, -0.1) is 0 Å². The van der Waals surface area contributed by atoms with E-state index in [4.69, 9.17) is 0 Å². The van der Waals surface area contributed by atoms with Crippen molar-refractivity contribution in [1.29, 1.82) is 0 Å². The van der Waals surface area contributed by atoms with Crippen molar-refractivity contribution in [3.63, 3.8) is 0 Å². The minimum absolute atomic E-state index is 1.25. The molecule has 0 atom stereocenters. The maximum atomic E-state index is 4.61. The molecule has 0 aromatic heterocycles. The van der Waals surface area contributed by atoms with Gasteiger partial charge in [0.15, 0.2) is 0 Å². The van der Waals surface area contributed by atoms with Crippen LogP contribution in [0, 0.1) is 0 Å². The van der Waals surface area contributed by atoms with E-state index < -0.39 is 0 Å². The summed E-state index contributed by atoms with van der Waals surface area (Å²) < 4.78 is 0. The largest absolute Gasteiger partial charge is 0.405 e. The number of nitrogens with two attached hydrogens (primary N) is 1. The van der Waals surface area contributed by atoms with Gasteiger partial charge in [-0.05, 0) is 27.0 Å². The normalized spacial score (nSPS) is 7.08. The van der Waals surface area contributed by atoms with Crippen molar-refractivity contribution < 1.29 is 0 Å². The molecule has 0 aliphatic carbocycles. The Bertz CT molecular complexity index is 117. The first-order valence-electron chi connectivity index (χ1n) is 4.27. The predicted molar refractivity (Wildman–Crippen MR) is 60.0 cm³/mol. The zero-order chi connectivity index (χ0) is 10.4. The zero-order valence-corrected chi connectivity index (χ0v) is 9.09. The third kappa shape index (κ3) is 63.6. The highest BCUT2D eigenvalue weighted by Crippen LogP contribution is 1.87. The fourth-order valence-corrected chi connectivity index (χ4v) is 0.289. The van der Waals surface area contributed by atoms with Gasteiger partial charge < -0.3 is 5.73 Å². The molecule has 0 aromatic rings. The molecule has 0 aliphatic heterocycles. The highest BCUT2D eigenvalue weighted by atomic mass is 14.5. The average Bonchev–Trinajstić information content (AvgIpc) is 2.06. The molecule has 12 heavy (non-hydrogen) atoms. The van der Waals surface area contributed by atoms with Crippen molar-refractivity contribution in [1.82, 2.24) is 0 Å². The van der Waals surface area contributed by atoms with Crippen LogP contribution >= 0.6 is 0 Å². The van der Waals surface area contributed by atoms with Crippen molar-refractivity contribution in [3.05, 3.63) is 36.6 Å². The van der Waals surface area contributed by atoms with E-state index >= 15 is 0 Å². The molecular weight excluding hydrogens is 146 g/mol. The summed E-state index contributed by atoms with van der Waals surface area (Å²) in [7, 11) is 0. The van der Waals surface area contributed by atoms with Crippen molar-refractivity contribution in [3.8, 4) is 0 Å². The molecule has 0 aliphatic rings. The van der Waals surface area contributed by atoms with E-state index in [1.54, 1.807) is 0 Å². The Kier molecular flexibility index (Phi) is 32.2. The van der Waals surface area contributed by atoms with Crippen molar-refractivity contribution in [2.24, 2.45) is 5.73 Å². The van der Waals surface area contributed by atoms with Crippen LogP contribution < -0.4 is 5.73 Å². The SMILES string of the molecule is C/C=C\C=C(C)C.C=CN.CC. The molecule has 1 nitrogen and oxygen atoms in total. The lowest BCUT2D eigenvalue weighted by Crippen LogP contribution is -1.67. The molecule has 72 valence electrons. The molecule has 0 amide bonds. The maximum Gasteiger partial charge on any atom is -0.0136 e. The Hall–Kier alpha value is -0.980. The number of rotatable bonds is 1. The Morgan fingerprint density at radius 1 is 1.25 bits per heavy atom. The van der Waals surface area contributed by atoms with Gasteiger partial charge in [-0.1, -0.05) is 44.2 Å². The third-order valence-electron chi connectivity index (χ3n) is 0.622. The predicted octanol–water partition coefficient (Wildman–Crippen LogP) is 3.64. The van der Waals surface area contributed by atoms with Crippen molar-refractivity contribution >= 4 is 0 Å². The Balaban J connectivity index is -0.000000137. The van der Waals surface area contributed by atoms with E-state index in [0.29, 0.717) is 0 Å². The second kappa shape index (κ2) is 22.5. The van der Waals surface area contributed by atoms with Crippen LogP contribution in [0.25, 0.3) is 0 Å². The standard InChI is InChI=1S/C7H12.C2H5N.C2H6/c1-4-5-6-7(2)3;1-2-3;1-2/h4-6H,1-3H3;2H,1,3H2;1-2H3/b5-4-;;. The molecule has 0 rings (SSSR count). The van der Waals surface area contributed by atoms with Gasteiger partial charge in [0.05, 0.1) is 0 Å². The number of hydrogen-bond donors (Lipinski definition) is 1. The summed E-state index contributed by atoms with van der Waals surface area (Å²) in [5.74, 6) is 0. The monoisotopic (exact) mass is 169 g/mol. The molecule has 0 unspecified atom stereocenters. The van der Waals surface area contributed by atoms with E-state index in [-0.39, 0.29) is 0 Å². The fourth-order valence-electron chi connectivity index (χ4n) is 0.289. The van der Waals surface area contributed by atoms with Crippen LogP contribution in [-0.4, -0.2) is 0 Å². The molecular formula is C11H23N. The Morgan fingerprint density at radius 3 is 1.67 bits per heavy atom. The molecule has 0 saturated heterocycles. The number of hydrogen-bond acceptors (Lipinski definition) is 1. The fraction of sp³-hybridized carbons (Fsp3) is 0.455. The third-order valence-corrected chi connectivity index (χ3v) is 0.622. The summed E-state index contributed by atoms with van der Waals surface area (Å²) in [6.45, 7) is 13.3. The topological polar surface area (TPSA) is 26.0 Å². The van der Waals surface area contributed by atoms with Crippen molar-refractivity contribution in [2.75, 3.05) is 0 Å². The van der Waals surface area contributed by atoms with Gasteiger partial charge in [0.25, 0.3) is 0 Å². The van der Waals surface area contributed by atoms with Gasteiger partial charge in [0.1, 0.15) is 0 Å². The summed E-state index contributed by atoms with van der Waals surface area (Å²) in [4.78, 5) is 0. The van der Waals surface area contributed by atoms with Gasteiger partial charge >= 0.3 is 0 Å². The quantitative estimate of drug-likeness (QED) is 0.596. The molecule has 0 spiro atoms. The maximum absolute atomic E-state index is 4.61. The average molecular weight is 169 g/mol. The molecule has 2 N–H and O–H groups in total. The van der Waals surface area contributed by atoms with Crippen LogP contribution in [0.5, 0.6) is 0 Å². The van der Waals surface area contributed by atoms with E-state index in [9.17, 15) is 0 Å². The first-order chi connectivity index (χ1) is 5.68. The molecule has 1 heteroatoms. The van der Waals surface area contributed by atoms with Gasteiger partial charge in [-0.3, -0.25) is 0 Å². The number of allylic oxidation sites excluding steroid dienone is 4. The zero-order valence-electron chi connectivity index (χ0n) is 9.09. The van der Waals surface area contributed by atoms with Gasteiger partial charge in [-0.25, -0.2) is 0 Å². The first-order valence-corrected chi connectivity index (χ1v) is 4.27. The van der Waals surface area contributed by atoms with E-state index in [1.165, 1.54) is 11.8 Å². The van der Waals surface area contributed by atoms with E-state index in [0.717, 1.165) is 0 Å². The van der Waals surface area contributed by atoms with Crippen LogP contribution in [-0.2, 0) is 0 Å². The summed E-state index contributed by atoms with van der Waals surface area (Å²) in [5.41, 5.74) is 5.96. The lowest BCUT2D eigenvalue weighted by atomic mass is 10.3.